The lowest BCUT2D eigenvalue weighted by Gasteiger charge is -2.17. The molecule has 2 saturated carbocycles. The van der Waals surface area contributed by atoms with Gasteiger partial charge in [-0.2, -0.15) is 0 Å². The second-order valence-corrected chi connectivity index (χ2v) is 6.33. The lowest BCUT2D eigenvalue weighted by atomic mass is 10.0. The van der Waals surface area contributed by atoms with Gasteiger partial charge in [0.15, 0.2) is 0 Å². The Bertz CT molecular complexity index is 407. The van der Waals surface area contributed by atoms with E-state index in [0.717, 1.165) is 17.3 Å². The molecule has 17 heavy (non-hydrogen) atoms. The second kappa shape index (κ2) is 4.10. The maximum atomic E-state index is 11.9. The maximum Gasteiger partial charge on any atom is 0.242 e. The van der Waals surface area contributed by atoms with E-state index in [1.165, 1.54) is 25.7 Å². The first-order valence-electron chi connectivity index (χ1n) is 6.28. The Hall–Kier alpha value is -0.870. The van der Waals surface area contributed by atoms with Crippen LogP contribution in [0.15, 0.2) is 17.5 Å². The number of hydrogen-bond donors (Lipinski definition) is 2. The molecule has 1 heterocycles. The monoisotopic (exact) mass is 250 g/mol. The van der Waals surface area contributed by atoms with Crippen LogP contribution in [0.1, 0.15) is 36.6 Å². The van der Waals surface area contributed by atoms with E-state index < -0.39 is 6.04 Å². The van der Waals surface area contributed by atoms with Crippen molar-refractivity contribution in [2.24, 2.45) is 17.1 Å². The van der Waals surface area contributed by atoms with E-state index >= 15 is 0 Å². The van der Waals surface area contributed by atoms with Gasteiger partial charge in [-0.15, -0.1) is 11.3 Å². The van der Waals surface area contributed by atoms with E-state index in [1.807, 2.05) is 17.5 Å². The summed E-state index contributed by atoms with van der Waals surface area (Å²) in [4.78, 5) is 12.9. The number of hydrogen-bond acceptors (Lipinski definition) is 3. The molecular weight excluding hydrogens is 232 g/mol. The Morgan fingerprint density at radius 3 is 2.88 bits per heavy atom. The largest absolute Gasteiger partial charge is 0.354 e. The van der Waals surface area contributed by atoms with Crippen molar-refractivity contribution in [2.45, 2.75) is 31.7 Å². The van der Waals surface area contributed by atoms with Gasteiger partial charge in [-0.05, 0) is 48.5 Å². The van der Waals surface area contributed by atoms with Crippen LogP contribution in [0.4, 0.5) is 0 Å². The molecule has 1 amide bonds. The molecule has 3 nitrogen and oxygen atoms in total. The summed E-state index contributed by atoms with van der Waals surface area (Å²) in [6.07, 6.45) is 5.28. The third kappa shape index (κ3) is 2.24. The van der Waals surface area contributed by atoms with Gasteiger partial charge < -0.3 is 11.1 Å². The highest BCUT2D eigenvalue weighted by atomic mass is 32.1. The molecule has 4 heteroatoms. The van der Waals surface area contributed by atoms with Gasteiger partial charge in [0.05, 0.1) is 0 Å². The minimum Gasteiger partial charge on any atom is -0.354 e. The van der Waals surface area contributed by atoms with Crippen molar-refractivity contribution in [3.05, 3.63) is 22.4 Å². The first-order chi connectivity index (χ1) is 8.21. The molecule has 0 aliphatic heterocycles. The molecule has 92 valence electrons. The number of nitrogens with one attached hydrogen (secondary N) is 1. The van der Waals surface area contributed by atoms with Gasteiger partial charge in [-0.25, -0.2) is 0 Å². The van der Waals surface area contributed by atoms with E-state index in [2.05, 4.69) is 5.32 Å². The van der Waals surface area contributed by atoms with Crippen molar-refractivity contribution < 1.29 is 4.79 Å². The van der Waals surface area contributed by atoms with Gasteiger partial charge in [-0.3, -0.25) is 4.79 Å². The lowest BCUT2D eigenvalue weighted by Crippen LogP contribution is -2.37. The zero-order valence-electron chi connectivity index (χ0n) is 9.82. The zero-order valence-corrected chi connectivity index (χ0v) is 10.6. The fourth-order valence-electron chi connectivity index (χ4n) is 2.56. The molecule has 0 bridgehead atoms. The number of carbonyl (C=O) groups excluding carboxylic acids is 1. The lowest BCUT2D eigenvalue weighted by molar-refractivity contribution is -0.122. The van der Waals surface area contributed by atoms with Crippen LogP contribution in [0.25, 0.3) is 0 Å². The van der Waals surface area contributed by atoms with Crippen molar-refractivity contribution in [3.8, 4) is 0 Å². The average molecular weight is 250 g/mol. The summed E-state index contributed by atoms with van der Waals surface area (Å²) in [6, 6.07) is 3.35. The van der Waals surface area contributed by atoms with E-state index in [9.17, 15) is 4.79 Å². The van der Waals surface area contributed by atoms with Crippen molar-refractivity contribution in [3.63, 3.8) is 0 Å². The summed E-state index contributed by atoms with van der Waals surface area (Å²) in [7, 11) is 0. The molecule has 2 aliphatic rings. The summed E-state index contributed by atoms with van der Waals surface area (Å²) in [5.41, 5.74) is 6.37. The number of thiophene rings is 1. The molecule has 0 radical (unpaired) electrons. The second-order valence-electron chi connectivity index (χ2n) is 5.35. The highest BCUT2D eigenvalue weighted by molar-refractivity contribution is 7.10. The molecule has 0 aromatic carbocycles. The number of amides is 1. The van der Waals surface area contributed by atoms with Crippen molar-refractivity contribution in [1.29, 1.82) is 0 Å². The molecule has 1 atom stereocenters. The number of carbonyl (C=O) groups is 1. The van der Waals surface area contributed by atoms with Gasteiger partial charge in [0.25, 0.3) is 0 Å². The normalized spacial score (nSPS) is 23.1. The average Bonchev–Trinajstić information content (AvgIpc) is 3.24. The number of rotatable bonds is 5. The Morgan fingerprint density at radius 1 is 1.59 bits per heavy atom. The summed E-state index contributed by atoms with van der Waals surface area (Å²) in [5, 5.41) is 4.99. The van der Waals surface area contributed by atoms with Crippen LogP contribution in [-0.2, 0) is 4.79 Å². The summed E-state index contributed by atoms with van der Waals surface area (Å²) in [5.74, 6) is 0.847. The first-order valence-corrected chi connectivity index (χ1v) is 7.16. The van der Waals surface area contributed by atoms with Crippen molar-refractivity contribution in [1.82, 2.24) is 5.32 Å². The fraction of sp³-hybridized carbons (Fsp3) is 0.615. The van der Waals surface area contributed by atoms with Crippen LogP contribution >= 0.6 is 11.3 Å². The standard InChI is InChI=1S/C13H18N2OS/c14-11(10-2-1-7-17-10)12(16)15-8-13(5-6-13)9-3-4-9/h1-2,7,9,11H,3-6,8,14H2,(H,15,16). The van der Waals surface area contributed by atoms with Crippen LogP contribution in [0.3, 0.4) is 0 Å². The minimum absolute atomic E-state index is 0.0284. The summed E-state index contributed by atoms with van der Waals surface area (Å²) >= 11 is 1.54. The van der Waals surface area contributed by atoms with E-state index in [0.29, 0.717) is 5.41 Å². The van der Waals surface area contributed by atoms with Crippen LogP contribution in [0.2, 0.25) is 0 Å². The molecule has 2 fully saturated rings. The van der Waals surface area contributed by atoms with Gasteiger partial charge >= 0.3 is 0 Å². The molecule has 0 saturated heterocycles. The van der Waals surface area contributed by atoms with Gasteiger partial charge in [0, 0.05) is 11.4 Å². The third-order valence-corrected chi connectivity index (χ3v) is 5.04. The van der Waals surface area contributed by atoms with Crippen molar-refractivity contribution >= 4 is 17.2 Å². The molecule has 1 aromatic heterocycles. The molecule has 3 N–H and O–H groups in total. The van der Waals surface area contributed by atoms with Gasteiger partial charge in [0.2, 0.25) is 5.91 Å². The molecule has 3 rings (SSSR count). The Kier molecular flexibility index (Phi) is 2.71. The topological polar surface area (TPSA) is 55.1 Å². The number of nitrogens with two attached hydrogens (primary N) is 1. The first kappa shape index (κ1) is 11.2. The molecule has 1 unspecified atom stereocenters. The maximum absolute atomic E-state index is 11.9. The highest BCUT2D eigenvalue weighted by Crippen LogP contribution is 2.60. The Balaban J connectivity index is 1.53. The summed E-state index contributed by atoms with van der Waals surface area (Å²) in [6.45, 7) is 0.829. The third-order valence-electron chi connectivity index (χ3n) is 4.08. The molecule has 2 aliphatic carbocycles. The highest BCUT2D eigenvalue weighted by Gasteiger charge is 2.53. The van der Waals surface area contributed by atoms with Crippen LogP contribution in [0, 0.1) is 11.3 Å². The Labute approximate surface area is 105 Å². The van der Waals surface area contributed by atoms with Crippen molar-refractivity contribution in [2.75, 3.05) is 6.54 Å². The van der Waals surface area contributed by atoms with Crippen LogP contribution in [-0.4, -0.2) is 12.5 Å². The summed E-state index contributed by atoms with van der Waals surface area (Å²) < 4.78 is 0. The van der Waals surface area contributed by atoms with Crippen LogP contribution < -0.4 is 11.1 Å². The predicted octanol–water partition coefficient (Wildman–Crippen LogP) is 2.05. The Morgan fingerprint density at radius 2 is 2.35 bits per heavy atom. The molecule has 0 spiro atoms. The van der Waals surface area contributed by atoms with E-state index in [-0.39, 0.29) is 5.91 Å². The fourth-order valence-corrected chi connectivity index (χ4v) is 3.28. The van der Waals surface area contributed by atoms with Gasteiger partial charge in [0.1, 0.15) is 6.04 Å². The SMILES string of the molecule is NC(C(=O)NCC1(C2CC2)CC1)c1cccs1. The zero-order chi connectivity index (χ0) is 11.9. The van der Waals surface area contributed by atoms with Gasteiger partial charge in [-0.1, -0.05) is 6.07 Å². The minimum atomic E-state index is -0.495. The van der Waals surface area contributed by atoms with Crippen LogP contribution in [0.5, 0.6) is 0 Å². The van der Waals surface area contributed by atoms with E-state index in [4.69, 9.17) is 5.73 Å². The van der Waals surface area contributed by atoms with E-state index in [1.54, 1.807) is 11.3 Å². The molecule has 1 aromatic rings. The predicted molar refractivity (Wildman–Crippen MR) is 68.6 cm³/mol. The smallest absolute Gasteiger partial charge is 0.242 e. The quantitative estimate of drug-likeness (QED) is 0.840. The molecular formula is C13H18N2OS.